The van der Waals surface area contributed by atoms with Gasteiger partial charge in [0.05, 0.1) is 6.42 Å². The molecule has 1 amide bonds. The van der Waals surface area contributed by atoms with Crippen LogP contribution >= 0.6 is 0 Å². The molecule has 0 fully saturated rings. The minimum atomic E-state index is -0.885. The molecule has 0 atom stereocenters. The Morgan fingerprint density at radius 2 is 2.33 bits per heavy atom. The lowest BCUT2D eigenvalue weighted by Gasteiger charge is -1.88. The van der Waals surface area contributed by atoms with Gasteiger partial charge in [-0.2, -0.15) is 0 Å². The number of carbonyl (C=O) groups excluding carboxylic acids is 2. The zero-order valence-corrected chi connectivity index (χ0v) is 4.57. The molecule has 3 N–H and O–H groups in total. The topological polar surface area (TPSA) is 92.8 Å². The molecule has 5 nitrogen and oxygen atoms in total. The van der Waals surface area contributed by atoms with E-state index in [1.807, 2.05) is 0 Å². The summed E-state index contributed by atoms with van der Waals surface area (Å²) in [4.78, 5) is 19.8. The van der Waals surface area contributed by atoms with Crippen molar-refractivity contribution in [3.63, 3.8) is 0 Å². The van der Waals surface area contributed by atoms with Crippen molar-refractivity contribution < 1.29 is 14.8 Å². The molecule has 0 saturated carbocycles. The molecule has 0 saturated heterocycles. The van der Waals surface area contributed by atoms with Crippen molar-refractivity contribution >= 4 is 17.9 Å². The maximum absolute atomic E-state index is 10.1. The largest absolute Gasteiger partial charge is 0.410 e. The van der Waals surface area contributed by atoms with E-state index in [0.717, 1.165) is 0 Å². The molecule has 0 aromatic carbocycles. The van der Waals surface area contributed by atoms with E-state index in [2.05, 4.69) is 10.9 Å². The molecule has 0 aromatic heterocycles. The fourth-order valence-electron chi connectivity index (χ4n) is 0.270. The molecule has 0 aliphatic rings. The molecule has 5 heteroatoms. The first-order valence-electron chi connectivity index (χ1n) is 2.16. The average molecular weight is 130 g/mol. The summed E-state index contributed by atoms with van der Waals surface area (Å²) in [6.45, 7) is 0. The van der Waals surface area contributed by atoms with Crippen molar-refractivity contribution in [3.8, 4) is 0 Å². The lowest BCUT2D eigenvalue weighted by Crippen LogP contribution is -2.23. The first-order chi connectivity index (χ1) is 4.22. The van der Waals surface area contributed by atoms with Crippen LogP contribution in [0.3, 0.4) is 0 Å². The van der Waals surface area contributed by atoms with E-state index in [1.54, 1.807) is 0 Å². The molecular weight excluding hydrogens is 124 g/mol. The fraction of sp³-hybridized carbons (Fsp3) is 0.250. The minimum Gasteiger partial charge on any atom is -0.410 e. The van der Waals surface area contributed by atoms with Crippen LogP contribution in [0.4, 0.5) is 0 Å². The Morgan fingerprint density at radius 3 is 2.44 bits per heavy atom. The number of carbonyl (C=O) groups is 2. The number of nitrogens with zero attached hydrogens (tertiary/aromatic N) is 1. The zero-order chi connectivity index (χ0) is 7.28. The number of oxime groups is 1. The SMILES string of the molecule is NC(=O)C(CC=O)=NO. The predicted molar refractivity (Wildman–Crippen MR) is 29.1 cm³/mol. The average Bonchev–Trinajstić information content (AvgIpc) is 1.82. The number of aldehydes is 1. The smallest absolute Gasteiger partial charge is 0.266 e. The highest BCUT2D eigenvalue weighted by atomic mass is 16.4. The van der Waals surface area contributed by atoms with Gasteiger partial charge in [-0.1, -0.05) is 5.16 Å². The minimum absolute atomic E-state index is 0.244. The van der Waals surface area contributed by atoms with E-state index in [0.29, 0.717) is 6.29 Å². The van der Waals surface area contributed by atoms with Gasteiger partial charge >= 0.3 is 0 Å². The Labute approximate surface area is 51.1 Å². The van der Waals surface area contributed by atoms with Gasteiger partial charge in [-0.15, -0.1) is 0 Å². The third-order valence-corrected chi connectivity index (χ3v) is 0.682. The van der Waals surface area contributed by atoms with Crippen molar-refractivity contribution in [3.05, 3.63) is 0 Å². The van der Waals surface area contributed by atoms with Crippen LogP contribution in [0, 0.1) is 0 Å². The summed E-state index contributed by atoms with van der Waals surface area (Å²) in [7, 11) is 0. The molecule has 0 unspecified atom stereocenters. The Hall–Kier alpha value is -1.39. The van der Waals surface area contributed by atoms with Crippen LogP contribution < -0.4 is 5.73 Å². The van der Waals surface area contributed by atoms with E-state index in [9.17, 15) is 9.59 Å². The molecule has 0 aliphatic carbocycles. The van der Waals surface area contributed by atoms with E-state index >= 15 is 0 Å². The number of rotatable bonds is 3. The van der Waals surface area contributed by atoms with Crippen molar-refractivity contribution in [2.24, 2.45) is 10.9 Å². The number of nitrogens with two attached hydrogens (primary N) is 1. The maximum Gasteiger partial charge on any atom is 0.266 e. The first kappa shape index (κ1) is 7.61. The van der Waals surface area contributed by atoms with Gasteiger partial charge in [0.15, 0.2) is 5.71 Å². The van der Waals surface area contributed by atoms with Gasteiger partial charge in [0.1, 0.15) is 6.29 Å². The molecule has 0 heterocycles. The number of amides is 1. The van der Waals surface area contributed by atoms with Crippen molar-refractivity contribution in [1.29, 1.82) is 0 Å². The Morgan fingerprint density at radius 1 is 1.78 bits per heavy atom. The summed E-state index contributed by atoms with van der Waals surface area (Å²) in [5, 5.41) is 10.4. The quantitative estimate of drug-likeness (QED) is 0.219. The van der Waals surface area contributed by atoms with Crippen LogP contribution in [-0.2, 0) is 9.59 Å². The summed E-state index contributed by atoms with van der Waals surface area (Å²) < 4.78 is 0. The van der Waals surface area contributed by atoms with Crippen LogP contribution in [-0.4, -0.2) is 23.1 Å². The Bertz CT molecular complexity index is 152. The normalized spacial score (nSPS) is 10.9. The van der Waals surface area contributed by atoms with E-state index < -0.39 is 5.91 Å². The Balaban J connectivity index is 4.00. The highest BCUT2D eigenvalue weighted by Crippen LogP contribution is 1.79. The molecule has 50 valence electrons. The second-order valence-corrected chi connectivity index (χ2v) is 1.28. The third kappa shape index (κ3) is 2.43. The molecule has 0 spiro atoms. The van der Waals surface area contributed by atoms with Crippen molar-refractivity contribution in [2.75, 3.05) is 0 Å². The van der Waals surface area contributed by atoms with Gasteiger partial charge in [-0.05, 0) is 0 Å². The summed E-state index contributed by atoms with van der Waals surface area (Å²) >= 11 is 0. The highest BCUT2D eigenvalue weighted by Gasteiger charge is 2.04. The van der Waals surface area contributed by atoms with Gasteiger partial charge in [-0.25, -0.2) is 0 Å². The van der Waals surface area contributed by atoms with Gasteiger partial charge < -0.3 is 15.7 Å². The van der Waals surface area contributed by atoms with Crippen molar-refractivity contribution in [2.45, 2.75) is 6.42 Å². The Kier molecular flexibility index (Phi) is 3.04. The van der Waals surface area contributed by atoms with Gasteiger partial charge in [0.2, 0.25) is 0 Å². The maximum atomic E-state index is 10.1. The fourth-order valence-corrected chi connectivity index (χ4v) is 0.270. The second-order valence-electron chi connectivity index (χ2n) is 1.28. The van der Waals surface area contributed by atoms with Gasteiger partial charge in [0, 0.05) is 0 Å². The predicted octanol–water partition coefficient (Wildman–Crippen LogP) is -1.11. The lowest BCUT2D eigenvalue weighted by atomic mass is 10.3. The number of hydrogen-bond acceptors (Lipinski definition) is 4. The van der Waals surface area contributed by atoms with Crippen molar-refractivity contribution in [1.82, 2.24) is 0 Å². The molecule has 0 aromatic rings. The summed E-state index contributed by atoms with van der Waals surface area (Å²) in [6, 6.07) is 0. The van der Waals surface area contributed by atoms with Crippen LogP contribution in [0.1, 0.15) is 6.42 Å². The standard InChI is InChI=1S/C4H6N2O3/c5-4(8)3(6-9)1-2-7/h2,9H,1H2,(H2,5,8). The number of primary amides is 1. The summed E-state index contributed by atoms with van der Waals surface area (Å²) in [5.74, 6) is -0.885. The van der Waals surface area contributed by atoms with E-state index in [4.69, 9.17) is 5.21 Å². The lowest BCUT2D eigenvalue weighted by molar-refractivity contribution is -0.113. The first-order valence-corrected chi connectivity index (χ1v) is 2.16. The van der Waals surface area contributed by atoms with E-state index in [1.165, 1.54) is 0 Å². The van der Waals surface area contributed by atoms with Crippen LogP contribution in [0.25, 0.3) is 0 Å². The summed E-state index contributed by atoms with van der Waals surface area (Å²) in [5.41, 5.74) is 4.32. The molecule has 0 bridgehead atoms. The van der Waals surface area contributed by atoms with Crippen LogP contribution in [0.2, 0.25) is 0 Å². The molecule has 0 aliphatic heterocycles. The van der Waals surface area contributed by atoms with Gasteiger partial charge in [-0.3, -0.25) is 4.79 Å². The van der Waals surface area contributed by atoms with Crippen LogP contribution in [0.15, 0.2) is 5.16 Å². The van der Waals surface area contributed by atoms with Gasteiger partial charge in [0.25, 0.3) is 5.91 Å². The third-order valence-electron chi connectivity index (χ3n) is 0.682. The molecular formula is C4H6N2O3. The summed E-state index contributed by atoms with van der Waals surface area (Å²) in [6.07, 6.45) is 0.186. The second kappa shape index (κ2) is 3.59. The monoisotopic (exact) mass is 130 g/mol. The van der Waals surface area contributed by atoms with E-state index in [-0.39, 0.29) is 12.1 Å². The zero-order valence-electron chi connectivity index (χ0n) is 4.57. The molecule has 9 heavy (non-hydrogen) atoms. The highest BCUT2D eigenvalue weighted by molar-refractivity contribution is 6.40. The molecule has 0 radical (unpaired) electrons. The molecule has 0 rings (SSSR count). The van der Waals surface area contributed by atoms with Crippen LogP contribution in [0.5, 0.6) is 0 Å². The number of hydrogen-bond donors (Lipinski definition) is 2.